The second kappa shape index (κ2) is 8.21. The van der Waals surface area contributed by atoms with E-state index in [0.717, 1.165) is 10.4 Å². The number of esters is 1. The molecule has 2 aromatic heterocycles. The molecule has 0 spiro atoms. The molecule has 0 saturated carbocycles. The van der Waals surface area contributed by atoms with Crippen LogP contribution in [-0.4, -0.2) is 18.5 Å². The smallest absolute Gasteiger partial charge is 0.348 e. The first-order valence-electron chi connectivity index (χ1n) is 7.88. The van der Waals surface area contributed by atoms with E-state index < -0.39 is 11.9 Å². The zero-order chi connectivity index (χ0) is 18.5. The molecule has 0 aliphatic heterocycles. The Bertz CT molecular complexity index is 887. The highest BCUT2D eigenvalue weighted by Gasteiger charge is 2.16. The molecule has 3 rings (SSSR count). The van der Waals surface area contributed by atoms with E-state index in [1.165, 1.54) is 17.6 Å². The summed E-state index contributed by atoms with van der Waals surface area (Å²) < 4.78 is 10.3. The molecule has 0 aliphatic carbocycles. The fourth-order valence-corrected chi connectivity index (χ4v) is 3.34. The lowest BCUT2D eigenvalue weighted by atomic mass is 10.2. The van der Waals surface area contributed by atoms with Gasteiger partial charge in [0.1, 0.15) is 10.6 Å². The number of nitrogens with one attached hydrogen (secondary N) is 1. The maximum atomic E-state index is 12.1. The van der Waals surface area contributed by atoms with Gasteiger partial charge in [-0.2, -0.15) is 0 Å². The Hall–Kier alpha value is -2.57. The molecule has 0 saturated heterocycles. The monoisotopic (exact) mass is 389 g/mol. The van der Waals surface area contributed by atoms with Crippen LogP contribution >= 0.6 is 22.9 Å². The Labute approximate surface area is 159 Å². The highest BCUT2D eigenvalue weighted by Crippen LogP contribution is 2.29. The number of halogens is 1. The van der Waals surface area contributed by atoms with E-state index in [4.69, 9.17) is 20.8 Å². The molecular weight excluding hydrogens is 374 g/mol. The van der Waals surface area contributed by atoms with Gasteiger partial charge in [0.15, 0.2) is 6.61 Å². The Morgan fingerprint density at radius 1 is 1.19 bits per heavy atom. The third kappa shape index (κ3) is 4.53. The highest BCUT2D eigenvalue weighted by molar-refractivity contribution is 7.17. The number of thiophene rings is 1. The number of hydrogen-bond donors (Lipinski definition) is 1. The first kappa shape index (κ1) is 18.2. The van der Waals surface area contributed by atoms with E-state index in [2.05, 4.69) is 5.32 Å². The van der Waals surface area contributed by atoms with Gasteiger partial charge in [0, 0.05) is 9.90 Å². The Kier molecular flexibility index (Phi) is 5.75. The first-order valence-corrected chi connectivity index (χ1v) is 9.08. The van der Waals surface area contributed by atoms with E-state index in [0.29, 0.717) is 15.7 Å². The van der Waals surface area contributed by atoms with E-state index in [1.54, 1.807) is 37.3 Å². The summed E-state index contributed by atoms with van der Waals surface area (Å²) in [7, 11) is 0. The van der Waals surface area contributed by atoms with Gasteiger partial charge in [-0.05, 0) is 48.9 Å². The van der Waals surface area contributed by atoms with Gasteiger partial charge in [-0.3, -0.25) is 4.79 Å². The van der Waals surface area contributed by atoms with Crippen molar-refractivity contribution in [2.75, 3.05) is 6.61 Å². The third-order valence-electron chi connectivity index (χ3n) is 3.62. The Morgan fingerprint density at radius 3 is 2.65 bits per heavy atom. The largest absolute Gasteiger partial charge is 0.467 e. The van der Waals surface area contributed by atoms with Gasteiger partial charge >= 0.3 is 5.97 Å². The number of amides is 1. The number of carbonyl (C=O) groups is 2. The SMILES string of the molecule is C[C@H](NC(=O)COC(=O)c1ccc(-c2ccc(Cl)cc2)s1)c1ccco1. The quantitative estimate of drug-likeness (QED) is 0.620. The summed E-state index contributed by atoms with van der Waals surface area (Å²) in [6.07, 6.45) is 1.53. The van der Waals surface area contributed by atoms with Gasteiger partial charge in [0.25, 0.3) is 5.91 Å². The summed E-state index contributed by atoms with van der Waals surface area (Å²) in [5.74, 6) is -0.289. The molecule has 134 valence electrons. The van der Waals surface area contributed by atoms with Crippen LogP contribution in [0, 0.1) is 0 Å². The van der Waals surface area contributed by atoms with E-state index in [9.17, 15) is 9.59 Å². The summed E-state index contributed by atoms with van der Waals surface area (Å²) in [5, 5.41) is 3.36. The van der Waals surface area contributed by atoms with Crippen molar-refractivity contribution in [3.05, 3.63) is 70.5 Å². The molecule has 0 bridgehead atoms. The van der Waals surface area contributed by atoms with Crippen molar-refractivity contribution in [2.45, 2.75) is 13.0 Å². The van der Waals surface area contributed by atoms with Gasteiger partial charge in [-0.25, -0.2) is 4.79 Å². The number of carbonyl (C=O) groups excluding carboxylic acids is 2. The summed E-state index contributed by atoms with van der Waals surface area (Å²) in [6, 6.07) is 14.1. The van der Waals surface area contributed by atoms with Crippen molar-refractivity contribution in [2.24, 2.45) is 0 Å². The van der Waals surface area contributed by atoms with Gasteiger partial charge in [-0.1, -0.05) is 23.7 Å². The molecular formula is C19H16ClNO4S. The summed E-state index contributed by atoms with van der Waals surface area (Å²) in [5.41, 5.74) is 0.962. The minimum Gasteiger partial charge on any atom is -0.467 e. The van der Waals surface area contributed by atoms with Gasteiger partial charge in [-0.15, -0.1) is 11.3 Å². The molecule has 7 heteroatoms. The van der Waals surface area contributed by atoms with Crippen LogP contribution in [0.3, 0.4) is 0 Å². The van der Waals surface area contributed by atoms with E-state index >= 15 is 0 Å². The van der Waals surface area contributed by atoms with Crippen LogP contribution in [0.1, 0.15) is 28.4 Å². The zero-order valence-corrected chi connectivity index (χ0v) is 15.5. The van der Waals surface area contributed by atoms with Gasteiger partial charge < -0.3 is 14.5 Å². The topological polar surface area (TPSA) is 68.5 Å². The van der Waals surface area contributed by atoms with E-state index in [-0.39, 0.29) is 12.6 Å². The molecule has 5 nitrogen and oxygen atoms in total. The first-order chi connectivity index (χ1) is 12.5. The summed E-state index contributed by atoms with van der Waals surface area (Å²) in [4.78, 5) is 25.4. The van der Waals surface area contributed by atoms with E-state index in [1.807, 2.05) is 18.2 Å². The summed E-state index contributed by atoms with van der Waals surface area (Å²) in [6.45, 7) is 1.44. The molecule has 26 heavy (non-hydrogen) atoms. The van der Waals surface area contributed by atoms with Crippen LogP contribution in [0.25, 0.3) is 10.4 Å². The van der Waals surface area contributed by atoms with Crippen LogP contribution in [0.15, 0.2) is 59.2 Å². The van der Waals surface area contributed by atoms with Crippen molar-refractivity contribution in [3.8, 4) is 10.4 Å². The lowest BCUT2D eigenvalue weighted by Gasteiger charge is -2.11. The third-order valence-corrected chi connectivity index (χ3v) is 4.98. The number of furan rings is 1. The van der Waals surface area contributed by atoms with Crippen molar-refractivity contribution in [3.63, 3.8) is 0 Å². The molecule has 0 fully saturated rings. The minimum absolute atomic E-state index is 0.297. The molecule has 3 aromatic rings. The number of benzene rings is 1. The molecule has 0 radical (unpaired) electrons. The second-order valence-electron chi connectivity index (χ2n) is 5.55. The lowest BCUT2D eigenvalue weighted by molar-refractivity contribution is -0.125. The number of rotatable bonds is 6. The fraction of sp³-hybridized carbons (Fsp3) is 0.158. The standard InChI is InChI=1S/C19H16ClNO4S/c1-12(15-3-2-10-24-15)21-18(22)11-25-19(23)17-9-8-16(26-17)13-4-6-14(20)7-5-13/h2-10,12H,11H2,1H3,(H,21,22)/t12-/m0/s1. The maximum absolute atomic E-state index is 12.1. The van der Waals surface area contributed by atoms with Gasteiger partial charge in [0.05, 0.1) is 12.3 Å². The van der Waals surface area contributed by atoms with Crippen molar-refractivity contribution < 1.29 is 18.7 Å². The normalized spacial score (nSPS) is 11.8. The molecule has 1 N–H and O–H groups in total. The molecule has 1 aromatic carbocycles. The number of ether oxygens (including phenoxy) is 1. The van der Waals surface area contributed by atoms with Crippen LogP contribution < -0.4 is 5.32 Å². The van der Waals surface area contributed by atoms with Crippen molar-refractivity contribution in [1.29, 1.82) is 0 Å². The van der Waals surface area contributed by atoms with Gasteiger partial charge in [0.2, 0.25) is 0 Å². The highest BCUT2D eigenvalue weighted by atomic mass is 35.5. The van der Waals surface area contributed by atoms with Crippen molar-refractivity contribution >= 4 is 34.8 Å². The van der Waals surface area contributed by atoms with Crippen LogP contribution in [-0.2, 0) is 9.53 Å². The van der Waals surface area contributed by atoms with Crippen LogP contribution in [0.5, 0.6) is 0 Å². The second-order valence-corrected chi connectivity index (χ2v) is 7.07. The average Bonchev–Trinajstić information content (AvgIpc) is 3.32. The molecule has 0 aliphatic rings. The molecule has 1 amide bonds. The van der Waals surface area contributed by atoms with Crippen molar-refractivity contribution in [1.82, 2.24) is 5.32 Å². The summed E-state index contributed by atoms with van der Waals surface area (Å²) >= 11 is 7.18. The average molecular weight is 390 g/mol. The predicted octanol–water partition coefficient (Wildman–Crippen LogP) is 4.70. The number of hydrogen-bond acceptors (Lipinski definition) is 5. The molecule has 1 atom stereocenters. The Balaban J connectivity index is 1.53. The Morgan fingerprint density at radius 2 is 1.96 bits per heavy atom. The maximum Gasteiger partial charge on any atom is 0.348 e. The molecule has 0 unspecified atom stereocenters. The molecule has 2 heterocycles. The van der Waals surface area contributed by atoms with Crippen LogP contribution in [0.2, 0.25) is 5.02 Å². The zero-order valence-electron chi connectivity index (χ0n) is 13.9. The van der Waals surface area contributed by atoms with Crippen LogP contribution in [0.4, 0.5) is 0 Å². The lowest BCUT2D eigenvalue weighted by Crippen LogP contribution is -2.30. The minimum atomic E-state index is -0.531. The fourth-order valence-electron chi connectivity index (χ4n) is 2.31. The predicted molar refractivity (Wildman–Crippen MR) is 100 cm³/mol.